The summed E-state index contributed by atoms with van der Waals surface area (Å²) in [6.45, 7) is 4.46. The number of hydrogen-bond donors (Lipinski definition) is 2. The number of aliphatic hydroxyl groups is 1. The Morgan fingerprint density at radius 3 is 2.77 bits per heavy atom. The zero-order valence-electron chi connectivity index (χ0n) is 13.8. The highest BCUT2D eigenvalue weighted by Crippen LogP contribution is 2.61. The van der Waals surface area contributed by atoms with Gasteiger partial charge in [0.15, 0.2) is 0 Å². The van der Waals surface area contributed by atoms with Crippen molar-refractivity contribution in [3.63, 3.8) is 0 Å². The van der Waals surface area contributed by atoms with Crippen LogP contribution in [0.2, 0.25) is 0 Å². The third-order valence-corrected chi connectivity index (χ3v) is 7.22. The monoisotopic (exact) mass is 300 g/mol. The molecule has 2 heteroatoms. The number of fused-ring (bicyclic) bond motifs is 5. The summed E-state index contributed by atoms with van der Waals surface area (Å²) in [6, 6.07) is 4.31. The molecular weight excluding hydrogens is 272 g/mol. The van der Waals surface area contributed by atoms with Crippen molar-refractivity contribution < 1.29 is 10.2 Å². The zero-order chi connectivity index (χ0) is 15.5. The van der Waals surface area contributed by atoms with Gasteiger partial charge in [-0.05, 0) is 85.3 Å². The molecule has 5 atom stereocenters. The van der Waals surface area contributed by atoms with Gasteiger partial charge in [-0.25, -0.2) is 0 Å². The average Bonchev–Trinajstić information content (AvgIpc) is 2.82. The first-order valence-electron chi connectivity index (χ1n) is 9.07. The van der Waals surface area contributed by atoms with Gasteiger partial charge in [-0.1, -0.05) is 19.9 Å². The fraction of sp³-hybridized carbons (Fsp3) is 0.700. The zero-order valence-corrected chi connectivity index (χ0v) is 13.8. The maximum absolute atomic E-state index is 10.6. The highest BCUT2D eigenvalue weighted by molar-refractivity contribution is 5.47. The topological polar surface area (TPSA) is 40.5 Å². The minimum atomic E-state index is -0.115. The van der Waals surface area contributed by atoms with Gasteiger partial charge in [0.05, 0.1) is 6.10 Å². The van der Waals surface area contributed by atoms with Crippen molar-refractivity contribution in [1.82, 2.24) is 0 Å². The molecule has 22 heavy (non-hydrogen) atoms. The Bertz CT molecular complexity index is 594. The van der Waals surface area contributed by atoms with E-state index in [2.05, 4.69) is 19.9 Å². The van der Waals surface area contributed by atoms with Gasteiger partial charge in [0.25, 0.3) is 0 Å². The van der Waals surface area contributed by atoms with Crippen molar-refractivity contribution in [3.8, 4) is 5.75 Å². The Balaban J connectivity index is 1.73. The first kappa shape index (κ1) is 14.6. The van der Waals surface area contributed by atoms with E-state index in [0.717, 1.165) is 32.1 Å². The molecule has 1 aromatic carbocycles. The lowest BCUT2D eigenvalue weighted by atomic mass is 9.55. The van der Waals surface area contributed by atoms with Gasteiger partial charge in [0.1, 0.15) is 5.75 Å². The van der Waals surface area contributed by atoms with Crippen molar-refractivity contribution >= 4 is 0 Å². The van der Waals surface area contributed by atoms with Crippen molar-refractivity contribution in [1.29, 1.82) is 0 Å². The van der Waals surface area contributed by atoms with Crippen LogP contribution in [0.1, 0.15) is 68.6 Å². The van der Waals surface area contributed by atoms with Crippen molar-refractivity contribution in [2.45, 2.75) is 70.8 Å². The highest BCUT2D eigenvalue weighted by atomic mass is 16.3. The largest absolute Gasteiger partial charge is 0.508 e. The van der Waals surface area contributed by atoms with E-state index in [9.17, 15) is 10.2 Å². The number of benzene rings is 1. The van der Waals surface area contributed by atoms with Crippen molar-refractivity contribution in [3.05, 3.63) is 28.8 Å². The van der Waals surface area contributed by atoms with E-state index < -0.39 is 0 Å². The first-order chi connectivity index (χ1) is 10.5. The van der Waals surface area contributed by atoms with Gasteiger partial charge in [-0.15, -0.1) is 0 Å². The Morgan fingerprint density at radius 2 is 2.00 bits per heavy atom. The quantitative estimate of drug-likeness (QED) is 0.817. The SMILES string of the molecule is CCc1cc(O)c2c(c1)CC[C@H]1[C@@H]2CC[C@]2(C)[C@@H](O)CC[C@@H]12. The molecule has 120 valence electrons. The number of hydrogen-bond acceptors (Lipinski definition) is 2. The molecule has 1 aromatic rings. The van der Waals surface area contributed by atoms with E-state index in [-0.39, 0.29) is 11.5 Å². The summed E-state index contributed by atoms with van der Waals surface area (Å²) in [5, 5.41) is 21.1. The molecule has 0 unspecified atom stereocenters. The molecule has 2 fully saturated rings. The Hall–Kier alpha value is -1.02. The van der Waals surface area contributed by atoms with Crippen LogP contribution in [0.5, 0.6) is 5.75 Å². The van der Waals surface area contributed by atoms with E-state index in [4.69, 9.17) is 0 Å². The second-order valence-electron chi connectivity index (χ2n) is 8.09. The van der Waals surface area contributed by atoms with Crippen molar-refractivity contribution in [2.75, 3.05) is 0 Å². The van der Waals surface area contributed by atoms with Crippen LogP contribution >= 0.6 is 0 Å². The van der Waals surface area contributed by atoms with E-state index in [0.29, 0.717) is 23.5 Å². The highest BCUT2D eigenvalue weighted by Gasteiger charge is 2.54. The molecule has 0 bridgehead atoms. The number of aryl methyl sites for hydroxylation is 2. The maximum Gasteiger partial charge on any atom is 0.119 e. The Morgan fingerprint density at radius 1 is 1.18 bits per heavy atom. The van der Waals surface area contributed by atoms with Crippen LogP contribution in [0.25, 0.3) is 0 Å². The predicted octanol–water partition coefficient (Wildman–Crippen LogP) is 4.17. The summed E-state index contributed by atoms with van der Waals surface area (Å²) in [6.07, 6.45) is 7.57. The molecule has 0 heterocycles. The fourth-order valence-electron chi connectivity index (χ4n) is 5.94. The standard InChI is InChI=1S/C20H28O2/c1-3-12-10-13-4-5-14-15(19(13)17(21)11-12)8-9-20(2)16(14)6-7-18(20)22/h10-11,14-16,18,21-22H,3-9H2,1-2H3/t14-,15-,16-,18-,20-/m0/s1. The molecule has 0 radical (unpaired) electrons. The van der Waals surface area contributed by atoms with Gasteiger partial charge in [-0.2, -0.15) is 0 Å². The number of phenols is 1. The smallest absolute Gasteiger partial charge is 0.119 e. The van der Waals surface area contributed by atoms with Gasteiger partial charge in [0, 0.05) is 5.56 Å². The molecule has 0 aliphatic heterocycles. The fourth-order valence-corrected chi connectivity index (χ4v) is 5.94. The number of phenolic OH excluding ortho intramolecular Hbond substituents is 1. The number of aliphatic hydroxyl groups excluding tert-OH is 1. The van der Waals surface area contributed by atoms with Gasteiger partial charge >= 0.3 is 0 Å². The van der Waals surface area contributed by atoms with Crippen molar-refractivity contribution in [2.24, 2.45) is 17.3 Å². The number of rotatable bonds is 1. The minimum Gasteiger partial charge on any atom is -0.508 e. The maximum atomic E-state index is 10.6. The summed E-state index contributed by atoms with van der Waals surface area (Å²) in [5.74, 6) is 2.34. The lowest BCUT2D eigenvalue weighted by molar-refractivity contribution is -0.0229. The van der Waals surface area contributed by atoms with Crippen LogP contribution < -0.4 is 0 Å². The molecule has 0 saturated heterocycles. The van der Waals surface area contributed by atoms with Crippen LogP contribution in [-0.4, -0.2) is 16.3 Å². The second-order valence-corrected chi connectivity index (χ2v) is 8.09. The Kier molecular flexibility index (Phi) is 3.30. The molecule has 3 aliphatic rings. The molecule has 4 rings (SSSR count). The van der Waals surface area contributed by atoms with Crippen LogP contribution in [-0.2, 0) is 12.8 Å². The normalized spacial score (nSPS) is 40.0. The molecule has 0 spiro atoms. The van der Waals surface area contributed by atoms with Gasteiger partial charge in [-0.3, -0.25) is 0 Å². The summed E-state index contributed by atoms with van der Waals surface area (Å²) in [7, 11) is 0. The third kappa shape index (κ3) is 1.89. The van der Waals surface area contributed by atoms with Crippen LogP contribution in [0.15, 0.2) is 12.1 Å². The minimum absolute atomic E-state index is 0.115. The van der Waals surface area contributed by atoms with E-state index in [1.165, 1.54) is 29.5 Å². The lowest BCUT2D eigenvalue weighted by Gasteiger charge is -2.50. The summed E-state index contributed by atoms with van der Waals surface area (Å²) >= 11 is 0. The molecule has 0 amide bonds. The molecule has 2 nitrogen and oxygen atoms in total. The summed E-state index contributed by atoms with van der Waals surface area (Å²) in [5.41, 5.74) is 4.02. The first-order valence-corrected chi connectivity index (χ1v) is 9.07. The molecule has 0 aromatic heterocycles. The van der Waals surface area contributed by atoms with Gasteiger partial charge in [0.2, 0.25) is 0 Å². The lowest BCUT2D eigenvalue weighted by Crippen LogP contribution is -2.43. The second kappa shape index (κ2) is 4.99. The van der Waals surface area contributed by atoms with Crippen LogP contribution in [0.3, 0.4) is 0 Å². The average molecular weight is 300 g/mol. The molecule has 2 saturated carbocycles. The summed E-state index contributed by atoms with van der Waals surface area (Å²) < 4.78 is 0. The third-order valence-electron chi connectivity index (χ3n) is 7.22. The van der Waals surface area contributed by atoms with E-state index in [1.54, 1.807) is 0 Å². The van der Waals surface area contributed by atoms with Crippen LogP contribution in [0.4, 0.5) is 0 Å². The molecule has 2 N–H and O–H groups in total. The van der Waals surface area contributed by atoms with Gasteiger partial charge < -0.3 is 10.2 Å². The van der Waals surface area contributed by atoms with E-state index in [1.807, 2.05) is 6.07 Å². The molecular formula is C20H28O2. The summed E-state index contributed by atoms with van der Waals surface area (Å²) in [4.78, 5) is 0. The molecule has 3 aliphatic carbocycles. The predicted molar refractivity (Wildman–Crippen MR) is 88.1 cm³/mol. The van der Waals surface area contributed by atoms with Crippen LogP contribution in [0, 0.1) is 17.3 Å². The van der Waals surface area contributed by atoms with E-state index >= 15 is 0 Å². The number of aromatic hydroxyl groups is 1. The Labute approximate surface area is 133 Å².